The van der Waals surface area contributed by atoms with Crippen LogP contribution in [0.5, 0.6) is 0 Å². The normalized spacial score (nSPS) is 19.8. The Labute approximate surface area is 134 Å². The molecule has 1 aliphatic heterocycles. The lowest BCUT2D eigenvalue weighted by atomic mass is 10.1. The van der Waals surface area contributed by atoms with Crippen molar-refractivity contribution in [2.75, 3.05) is 19.3 Å². The van der Waals surface area contributed by atoms with Crippen LogP contribution in [0.1, 0.15) is 11.3 Å². The van der Waals surface area contributed by atoms with Crippen LogP contribution in [0.15, 0.2) is 29.1 Å². The van der Waals surface area contributed by atoms with Gasteiger partial charge in [0, 0.05) is 44.8 Å². The number of fused-ring (bicyclic) bond motifs is 1. The number of hydrogen-bond acceptors (Lipinski definition) is 5. The van der Waals surface area contributed by atoms with E-state index in [0.717, 1.165) is 26.2 Å². The van der Waals surface area contributed by atoms with Crippen molar-refractivity contribution < 1.29 is 8.42 Å². The van der Waals surface area contributed by atoms with Gasteiger partial charge in [0.05, 0.1) is 11.9 Å². The maximum absolute atomic E-state index is 11.3. The summed E-state index contributed by atoms with van der Waals surface area (Å²) >= 11 is 1.70. The Morgan fingerprint density at radius 3 is 3.00 bits per heavy atom. The monoisotopic (exact) mass is 340 g/mol. The minimum Gasteiger partial charge on any atom is -0.293 e. The van der Waals surface area contributed by atoms with Crippen molar-refractivity contribution in [2.24, 2.45) is 5.92 Å². The quantitative estimate of drug-likeness (QED) is 0.886. The summed E-state index contributed by atoms with van der Waals surface area (Å²) in [6.07, 6.45) is 3.01. The molecule has 0 saturated carbocycles. The van der Waals surface area contributed by atoms with Crippen LogP contribution in [0, 0.1) is 5.92 Å². The lowest BCUT2D eigenvalue weighted by Crippen LogP contribution is -2.36. The second-order valence-corrected chi connectivity index (χ2v) is 8.41. The van der Waals surface area contributed by atoms with Crippen molar-refractivity contribution in [1.29, 1.82) is 0 Å². The van der Waals surface area contributed by atoms with Crippen LogP contribution in [0.4, 0.5) is 0 Å². The molecule has 0 unspecified atom stereocenters. The zero-order valence-electron chi connectivity index (χ0n) is 12.5. The van der Waals surface area contributed by atoms with Gasteiger partial charge in [-0.3, -0.25) is 9.58 Å². The molecule has 120 valence electrons. The summed E-state index contributed by atoms with van der Waals surface area (Å²) in [5, 5.41) is 8.60. The number of hydrogen-bond donors (Lipinski definition) is 1. The standard InChI is InChI=1S/C14H20N4O2S2/c1-22(19,20)16-6-13-8-17(7-12-3-5-21-11-12)10-14-2-4-15-18(14)9-13/h2-5,11,13,16H,6-10H2,1H3/t13-/m0/s1. The van der Waals surface area contributed by atoms with Crippen molar-refractivity contribution in [1.82, 2.24) is 19.4 Å². The number of nitrogens with one attached hydrogen (secondary N) is 1. The molecule has 1 N–H and O–H groups in total. The third-order valence-corrected chi connectivity index (χ3v) is 5.18. The van der Waals surface area contributed by atoms with Crippen molar-refractivity contribution in [2.45, 2.75) is 19.6 Å². The highest BCUT2D eigenvalue weighted by Gasteiger charge is 2.23. The largest absolute Gasteiger partial charge is 0.293 e. The van der Waals surface area contributed by atoms with Gasteiger partial charge in [0.2, 0.25) is 10.0 Å². The first-order chi connectivity index (χ1) is 10.5. The molecule has 3 rings (SSSR count). The summed E-state index contributed by atoms with van der Waals surface area (Å²) < 4.78 is 27.3. The van der Waals surface area contributed by atoms with Crippen molar-refractivity contribution in [3.8, 4) is 0 Å². The number of aromatic nitrogens is 2. The van der Waals surface area contributed by atoms with Gasteiger partial charge in [-0.25, -0.2) is 13.1 Å². The van der Waals surface area contributed by atoms with Gasteiger partial charge >= 0.3 is 0 Å². The maximum Gasteiger partial charge on any atom is 0.208 e. The van der Waals surface area contributed by atoms with E-state index in [4.69, 9.17) is 0 Å². The molecule has 3 heterocycles. The van der Waals surface area contributed by atoms with Crippen LogP contribution in [0.2, 0.25) is 0 Å². The third kappa shape index (κ3) is 4.16. The molecular weight excluding hydrogens is 320 g/mol. The fourth-order valence-electron chi connectivity index (χ4n) is 2.78. The molecule has 0 amide bonds. The summed E-state index contributed by atoms with van der Waals surface area (Å²) in [7, 11) is -3.16. The molecule has 0 aliphatic carbocycles. The number of sulfonamides is 1. The number of thiophene rings is 1. The molecule has 0 spiro atoms. The van der Waals surface area contributed by atoms with Crippen LogP contribution in [0.3, 0.4) is 0 Å². The Balaban J connectivity index is 1.74. The highest BCUT2D eigenvalue weighted by molar-refractivity contribution is 7.88. The topological polar surface area (TPSA) is 67.2 Å². The van der Waals surface area contributed by atoms with Crippen LogP contribution in [-0.4, -0.2) is 42.4 Å². The zero-order valence-corrected chi connectivity index (χ0v) is 14.1. The van der Waals surface area contributed by atoms with Gasteiger partial charge in [0.15, 0.2) is 0 Å². The Bertz CT molecular complexity index is 709. The summed E-state index contributed by atoms with van der Waals surface area (Å²) in [6.45, 7) is 3.75. The Kier molecular flexibility index (Phi) is 4.62. The van der Waals surface area contributed by atoms with E-state index < -0.39 is 10.0 Å². The van der Waals surface area contributed by atoms with E-state index >= 15 is 0 Å². The Morgan fingerprint density at radius 1 is 1.41 bits per heavy atom. The van der Waals surface area contributed by atoms with Gasteiger partial charge in [-0.2, -0.15) is 16.4 Å². The highest BCUT2D eigenvalue weighted by atomic mass is 32.2. The van der Waals surface area contributed by atoms with Crippen LogP contribution < -0.4 is 4.72 Å². The molecule has 0 fully saturated rings. The van der Waals surface area contributed by atoms with Gasteiger partial charge in [-0.05, 0) is 28.5 Å². The molecule has 2 aromatic rings. The van der Waals surface area contributed by atoms with Crippen molar-refractivity contribution in [3.63, 3.8) is 0 Å². The first-order valence-corrected chi connectivity index (χ1v) is 10.0. The van der Waals surface area contributed by atoms with E-state index in [9.17, 15) is 8.42 Å². The molecule has 0 saturated heterocycles. The molecule has 1 aliphatic rings. The lowest BCUT2D eigenvalue weighted by molar-refractivity contribution is 0.221. The van der Waals surface area contributed by atoms with E-state index in [0.29, 0.717) is 6.54 Å². The van der Waals surface area contributed by atoms with Gasteiger partial charge < -0.3 is 0 Å². The van der Waals surface area contributed by atoms with E-state index in [1.165, 1.54) is 17.5 Å². The highest BCUT2D eigenvalue weighted by Crippen LogP contribution is 2.19. The molecule has 2 aromatic heterocycles. The molecule has 0 bridgehead atoms. The number of nitrogens with zero attached hydrogens (tertiary/aromatic N) is 3. The molecule has 6 nitrogen and oxygen atoms in total. The molecular formula is C14H20N4O2S2. The zero-order chi connectivity index (χ0) is 15.6. The second-order valence-electron chi connectivity index (χ2n) is 5.79. The second kappa shape index (κ2) is 6.49. The average molecular weight is 340 g/mol. The fourth-order valence-corrected chi connectivity index (χ4v) is 3.98. The predicted octanol–water partition coefficient (Wildman–Crippen LogP) is 1.13. The summed E-state index contributed by atoms with van der Waals surface area (Å²) in [4.78, 5) is 2.36. The SMILES string of the molecule is CS(=O)(=O)NC[C@H]1CN(Cc2ccsc2)Cc2ccnn2C1. The molecule has 1 atom stereocenters. The fraction of sp³-hybridized carbons (Fsp3) is 0.500. The van der Waals surface area contributed by atoms with E-state index in [-0.39, 0.29) is 5.92 Å². The van der Waals surface area contributed by atoms with E-state index in [1.54, 1.807) is 11.3 Å². The van der Waals surface area contributed by atoms with Crippen LogP contribution >= 0.6 is 11.3 Å². The molecule has 8 heteroatoms. The predicted molar refractivity (Wildman–Crippen MR) is 87.0 cm³/mol. The molecule has 0 radical (unpaired) electrons. The van der Waals surface area contributed by atoms with Crippen molar-refractivity contribution >= 4 is 21.4 Å². The van der Waals surface area contributed by atoms with Crippen LogP contribution in [-0.2, 0) is 29.7 Å². The van der Waals surface area contributed by atoms with Gasteiger partial charge in [0.25, 0.3) is 0 Å². The molecule has 0 aromatic carbocycles. The van der Waals surface area contributed by atoms with E-state index in [2.05, 4.69) is 31.5 Å². The van der Waals surface area contributed by atoms with E-state index in [1.807, 2.05) is 16.9 Å². The average Bonchev–Trinajstić information content (AvgIpc) is 3.05. The number of rotatable bonds is 5. The van der Waals surface area contributed by atoms with Crippen molar-refractivity contribution in [3.05, 3.63) is 40.3 Å². The first-order valence-electron chi connectivity index (χ1n) is 7.18. The summed E-state index contributed by atoms with van der Waals surface area (Å²) in [5.41, 5.74) is 2.48. The first kappa shape index (κ1) is 15.7. The summed E-state index contributed by atoms with van der Waals surface area (Å²) in [5.74, 6) is 0.203. The lowest BCUT2D eigenvalue weighted by Gasteiger charge is -2.23. The molecule has 22 heavy (non-hydrogen) atoms. The minimum absolute atomic E-state index is 0.203. The smallest absolute Gasteiger partial charge is 0.208 e. The Hall–Kier alpha value is -1.22. The van der Waals surface area contributed by atoms with Gasteiger partial charge in [-0.15, -0.1) is 0 Å². The van der Waals surface area contributed by atoms with Crippen LogP contribution in [0.25, 0.3) is 0 Å². The van der Waals surface area contributed by atoms with Gasteiger partial charge in [0.1, 0.15) is 0 Å². The maximum atomic E-state index is 11.3. The summed E-state index contributed by atoms with van der Waals surface area (Å²) in [6, 6.07) is 4.17. The third-order valence-electron chi connectivity index (χ3n) is 3.76. The minimum atomic E-state index is -3.16. The Morgan fingerprint density at radius 2 is 2.27 bits per heavy atom. The van der Waals surface area contributed by atoms with Gasteiger partial charge in [-0.1, -0.05) is 0 Å².